The Morgan fingerprint density at radius 2 is 1.74 bits per heavy atom. The Morgan fingerprint density at radius 3 is 2.34 bits per heavy atom. The lowest BCUT2D eigenvalue weighted by molar-refractivity contribution is 0.0958. The molecule has 0 saturated heterocycles. The Labute approximate surface area is 206 Å². The number of amides is 1. The smallest absolute Gasteiger partial charge is 0.295 e. The maximum Gasteiger partial charge on any atom is 0.295 e. The third-order valence-electron chi connectivity index (χ3n) is 5.46. The van der Waals surface area contributed by atoms with E-state index >= 15 is 0 Å². The van der Waals surface area contributed by atoms with Crippen LogP contribution in [0.1, 0.15) is 21.7 Å². The fourth-order valence-corrected chi connectivity index (χ4v) is 3.86. The standard InChI is InChI=1S/C26H23ClN2O6/c1-15-9-17-19(30)13-23(35-20(17)12-18(15)27)26(31)29(24-7-5-6-8-28-24)14-16-10-21(32-2)25(34-4)22(11-16)33-3/h5-13H,14H2,1-4H3. The van der Waals surface area contributed by atoms with Crippen LogP contribution in [0.15, 0.2) is 63.9 Å². The maximum atomic E-state index is 13.7. The van der Waals surface area contributed by atoms with Crippen LogP contribution in [0.25, 0.3) is 11.0 Å². The molecule has 0 radical (unpaired) electrons. The van der Waals surface area contributed by atoms with Gasteiger partial charge in [-0.3, -0.25) is 14.5 Å². The summed E-state index contributed by atoms with van der Waals surface area (Å²) in [6.45, 7) is 1.88. The topological polar surface area (TPSA) is 91.1 Å². The van der Waals surface area contributed by atoms with E-state index in [1.807, 2.05) is 0 Å². The Balaban J connectivity index is 1.81. The molecule has 0 spiro atoms. The number of carbonyl (C=O) groups is 1. The van der Waals surface area contributed by atoms with Gasteiger partial charge in [0.1, 0.15) is 11.4 Å². The molecule has 4 aromatic rings. The second kappa shape index (κ2) is 10.1. The quantitative estimate of drug-likeness (QED) is 0.356. The number of rotatable bonds is 7. The number of nitrogens with zero attached hydrogens (tertiary/aromatic N) is 2. The van der Waals surface area contributed by atoms with Gasteiger partial charge in [-0.1, -0.05) is 17.7 Å². The average Bonchev–Trinajstić information content (AvgIpc) is 2.87. The van der Waals surface area contributed by atoms with Crippen molar-refractivity contribution in [3.8, 4) is 17.2 Å². The van der Waals surface area contributed by atoms with Crippen LogP contribution in [0.5, 0.6) is 17.2 Å². The summed E-state index contributed by atoms with van der Waals surface area (Å²) in [4.78, 5) is 32.2. The zero-order valence-electron chi connectivity index (χ0n) is 19.6. The van der Waals surface area contributed by atoms with E-state index in [1.54, 1.807) is 49.5 Å². The van der Waals surface area contributed by atoms with E-state index in [0.717, 1.165) is 5.56 Å². The van der Waals surface area contributed by atoms with Gasteiger partial charge < -0.3 is 18.6 Å². The van der Waals surface area contributed by atoms with Gasteiger partial charge in [0.25, 0.3) is 5.91 Å². The number of hydrogen-bond acceptors (Lipinski definition) is 7. The third kappa shape index (κ3) is 4.79. The first-order valence-electron chi connectivity index (χ1n) is 10.6. The van der Waals surface area contributed by atoms with Crippen molar-refractivity contribution in [2.45, 2.75) is 13.5 Å². The second-order valence-electron chi connectivity index (χ2n) is 7.69. The first kappa shape index (κ1) is 24.1. The summed E-state index contributed by atoms with van der Waals surface area (Å²) in [5.74, 6) is 1.00. The summed E-state index contributed by atoms with van der Waals surface area (Å²) >= 11 is 6.22. The lowest BCUT2D eigenvalue weighted by Gasteiger charge is -2.22. The SMILES string of the molecule is COc1cc(CN(C(=O)c2cc(=O)c3cc(C)c(Cl)cc3o2)c2ccccn2)cc(OC)c1OC. The number of benzene rings is 2. The predicted octanol–water partition coefficient (Wildman–Crippen LogP) is 5.02. The van der Waals surface area contributed by atoms with Gasteiger partial charge in [0, 0.05) is 23.4 Å². The molecule has 0 bridgehead atoms. The minimum absolute atomic E-state index is 0.0863. The molecule has 0 fully saturated rings. The maximum absolute atomic E-state index is 13.7. The van der Waals surface area contributed by atoms with Gasteiger partial charge in [0.15, 0.2) is 22.7 Å². The highest BCUT2D eigenvalue weighted by Crippen LogP contribution is 2.38. The van der Waals surface area contributed by atoms with E-state index in [4.69, 9.17) is 30.2 Å². The van der Waals surface area contributed by atoms with Gasteiger partial charge in [-0.25, -0.2) is 4.98 Å². The molecule has 0 saturated carbocycles. The molecular weight excluding hydrogens is 472 g/mol. The van der Waals surface area contributed by atoms with Crippen LogP contribution in [0, 0.1) is 6.92 Å². The van der Waals surface area contributed by atoms with Crippen molar-refractivity contribution in [2.75, 3.05) is 26.2 Å². The highest BCUT2D eigenvalue weighted by atomic mass is 35.5. The summed E-state index contributed by atoms with van der Waals surface area (Å²) in [6, 6.07) is 13.0. The van der Waals surface area contributed by atoms with E-state index in [1.165, 1.54) is 38.4 Å². The average molecular weight is 495 g/mol. The molecule has 1 amide bonds. The molecule has 4 rings (SSSR count). The molecular formula is C26H23ClN2O6. The Hall–Kier alpha value is -4.04. The van der Waals surface area contributed by atoms with E-state index in [-0.39, 0.29) is 23.3 Å². The van der Waals surface area contributed by atoms with Crippen LogP contribution in [0.3, 0.4) is 0 Å². The van der Waals surface area contributed by atoms with Crippen molar-refractivity contribution in [1.29, 1.82) is 0 Å². The van der Waals surface area contributed by atoms with Crippen LogP contribution in [0.4, 0.5) is 5.82 Å². The van der Waals surface area contributed by atoms with Crippen molar-refractivity contribution >= 4 is 34.3 Å². The van der Waals surface area contributed by atoms with Crippen molar-refractivity contribution in [1.82, 2.24) is 4.98 Å². The van der Waals surface area contributed by atoms with Gasteiger partial charge in [-0.2, -0.15) is 0 Å². The van der Waals surface area contributed by atoms with Crippen LogP contribution < -0.4 is 24.5 Å². The summed E-state index contributed by atoms with van der Waals surface area (Å²) in [5, 5.41) is 0.779. The van der Waals surface area contributed by atoms with Gasteiger partial charge in [0.05, 0.1) is 33.3 Å². The van der Waals surface area contributed by atoms with Crippen molar-refractivity contribution in [3.05, 3.63) is 86.9 Å². The van der Waals surface area contributed by atoms with E-state index in [9.17, 15) is 9.59 Å². The van der Waals surface area contributed by atoms with Crippen molar-refractivity contribution < 1.29 is 23.4 Å². The van der Waals surface area contributed by atoms with Gasteiger partial charge in [-0.05, 0) is 48.4 Å². The summed E-state index contributed by atoms with van der Waals surface area (Å²) in [5.41, 5.74) is 1.30. The zero-order valence-corrected chi connectivity index (χ0v) is 20.4. The third-order valence-corrected chi connectivity index (χ3v) is 5.86. The molecule has 2 heterocycles. The summed E-state index contributed by atoms with van der Waals surface area (Å²) < 4.78 is 22.1. The lowest BCUT2D eigenvalue weighted by Crippen LogP contribution is -2.31. The number of aryl methyl sites for hydroxylation is 1. The molecule has 0 aliphatic rings. The lowest BCUT2D eigenvalue weighted by atomic mass is 10.1. The van der Waals surface area contributed by atoms with Gasteiger partial charge >= 0.3 is 0 Å². The highest BCUT2D eigenvalue weighted by Gasteiger charge is 2.24. The molecule has 0 N–H and O–H groups in total. The molecule has 8 nitrogen and oxygen atoms in total. The van der Waals surface area contributed by atoms with Crippen LogP contribution in [-0.4, -0.2) is 32.2 Å². The second-order valence-corrected chi connectivity index (χ2v) is 8.09. The largest absolute Gasteiger partial charge is 0.493 e. The number of hydrogen-bond donors (Lipinski definition) is 0. The minimum atomic E-state index is -0.548. The van der Waals surface area contributed by atoms with Crippen LogP contribution >= 0.6 is 11.6 Å². The Morgan fingerprint density at radius 1 is 1.03 bits per heavy atom. The first-order chi connectivity index (χ1) is 16.9. The number of halogens is 1. The van der Waals surface area contributed by atoms with Gasteiger partial charge in [-0.15, -0.1) is 0 Å². The van der Waals surface area contributed by atoms with Crippen LogP contribution in [0.2, 0.25) is 5.02 Å². The van der Waals surface area contributed by atoms with E-state index in [0.29, 0.717) is 39.0 Å². The highest BCUT2D eigenvalue weighted by molar-refractivity contribution is 6.32. The van der Waals surface area contributed by atoms with Gasteiger partial charge in [0.2, 0.25) is 5.75 Å². The first-order valence-corrected chi connectivity index (χ1v) is 11.0. The predicted molar refractivity (Wildman–Crippen MR) is 133 cm³/mol. The molecule has 0 aliphatic carbocycles. The fraction of sp³-hybridized carbons (Fsp3) is 0.192. The molecule has 0 aliphatic heterocycles. The molecule has 2 aromatic carbocycles. The number of methoxy groups -OCH3 is 3. The molecule has 9 heteroatoms. The number of aromatic nitrogens is 1. The fourth-order valence-electron chi connectivity index (χ4n) is 3.70. The Kier molecular flexibility index (Phi) is 6.93. The molecule has 35 heavy (non-hydrogen) atoms. The number of anilines is 1. The minimum Gasteiger partial charge on any atom is -0.493 e. The van der Waals surface area contributed by atoms with E-state index in [2.05, 4.69) is 4.98 Å². The number of carbonyl (C=O) groups excluding carboxylic acids is 1. The number of ether oxygens (including phenoxy) is 3. The molecule has 0 unspecified atom stereocenters. The normalized spacial score (nSPS) is 10.8. The summed E-state index contributed by atoms with van der Waals surface area (Å²) in [7, 11) is 4.54. The number of fused-ring (bicyclic) bond motifs is 1. The van der Waals surface area contributed by atoms with Crippen molar-refractivity contribution in [3.63, 3.8) is 0 Å². The zero-order chi connectivity index (χ0) is 25.1. The van der Waals surface area contributed by atoms with E-state index < -0.39 is 5.91 Å². The molecule has 0 atom stereocenters. The molecule has 180 valence electrons. The number of pyridine rings is 1. The van der Waals surface area contributed by atoms with Crippen molar-refractivity contribution in [2.24, 2.45) is 0 Å². The monoisotopic (exact) mass is 494 g/mol. The molecule has 2 aromatic heterocycles. The van der Waals surface area contributed by atoms with Crippen LogP contribution in [-0.2, 0) is 6.54 Å². The summed E-state index contributed by atoms with van der Waals surface area (Å²) in [6.07, 6.45) is 1.57. The Bertz CT molecular complexity index is 1430.